The highest BCUT2D eigenvalue weighted by atomic mass is 32.1. The second-order valence-electron chi connectivity index (χ2n) is 4.81. The smallest absolute Gasteiger partial charge is 0.122 e. The first kappa shape index (κ1) is 15.4. The van der Waals surface area contributed by atoms with Gasteiger partial charge in [0.05, 0.1) is 6.61 Å². The van der Waals surface area contributed by atoms with Crippen molar-refractivity contribution in [3.63, 3.8) is 0 Å². The summed E-state index contributed by atoms with van der Waals surface area (Å²) in [5, 5.41) is 0. The van der Waals surface area contributed by atoms with E-state index in [0.717, 1.165) is 18.1 Å². The Morgan fingerprint density at radius 2 is 1.50 bits per heavy atom. The molecule has 0 saturated heterocycles. The van der Waals surface area contributed by atoms with Gasteiger partial charge in [-0.15, -0.1) is 0 Å². The van der Waals surface area contributed by atoms with E-state index in [1.165, 1.54) is 50.5 Å². The Bertz CT molecular complexity index is 312. The minimum atomic E-state index is 0.849. The van der Waals surface area contributed by atoms with E-state index < -0.39 is 0 Å². The fourth-order valence-electron chi connectivity index (χ4n) is 2.00. The molecule has 1 aromatic rings. The normalized spacial score (nSPS) is 10.6. The maximum Gasteiger partial charge on any atom is 0.122 e. The van der Waals surface area contributed by atoms with Crippen LogP contribution in [-0.4, -0.2) is 12.4 Å². The lowest BCUT2D eigenvalue weighted by Crippen LogP contribution is -1.98. The molecule has 2 heteroatoms. The number of benzene rings is 1. The maximum atomic E-state index is 5.77. The zero-order valence-electron chi connectivity index (χ0n) is 11.5. The van der Waals surface area contributed by atoms with Crippen molar-refractivity contribution in [2.75, 3.05) is 12.4 Å². The van der Waals surface area contributed by atoms with Crippen LogP contribution in [0.3, 0.4) is 0 Å². The quantitative estimate of drug-likeness (QED) is 0.461. The van der Waals surface area contributed by atoms with Gasteiger partial charge in [-0.1, -0.05) is 50.3 Å². The zero-order valence-corrected chi connectivity index (χ0v) is 12.4. The van der Waals surface area contributed by atoms with Crippen LogP contribution in [0.25, 0.3) is 0 Å². The van der Waals surface area contributed by atoms with E-state index in [0.29, 0.717) is 0 Å². The zero-order chi connectivity index (χ0) is 13.1. The van der Waals surface area contributed by atoms with Crippen molar-refractivity contribution in [1.82, 2.24) is 0 Å². The molecule has 0 radical (unpaired) electrons. The van der Waals surface area contributed by atoms with Gasteiger partial charge in [0.25, 0.3) is 0 Å². The number of hydrogen-bond acceptors (Lipinski definition) is 2. The molecule has 18 heavy (non-hydrogen) atoms. The van der Waals surface area contributed by atoms with E-state index in [-0.39, 0.29) is 0 Å². The summed E-state index contributed by atoms with van der Waals surface area (Å²) in [6.07, 6.45) is 9.11. The van der Waals surface area contributed by atoms with Crippen molar-refractivity contribution < 1.29 is 4.74 Å². The van der Waals surface area contributed by atoms with Crippen LogP contribution in [0.4, 0.5) is 0 Å². The molecule has 0 aliphatic carbocycles. The Morgan fingerprint density at radius 3 is 2.17 bits per heavy atom. The second kappa shape index (κ2) is 10.3. The molecular formula is C16H26OS. The van der Waals surface area contributed by atoms with Crippen LogP contribution in [0.15, 0.2) is 24.3 Å². The van der Waals surface area contributed by atoms with Crippen LogP contribution >= 0.6 is 12.6 Å². The van der Waals surface area contributed by atoms with Crippen LogP contribution in [-0.2, 0) is 0 Å². The summed E-state index contributed by atoms with van der Waals surface area (Å²) < 4.78 is 5.77. The molecule has 0 aliphatic heterocycles. The Hall–Kier alpha value is -0.630. The molecule has 0 saturated carbocycles. The number of hydrogen-bond donors (Lipinski definition) is 1. The molecule has 0 atom stereocenters. The monoisotopic (exact) mass is 266 g/mol. The molecule has 0 amide bonds. The third-order valence-electron chi connectivity index (χ3n) is 3.15. The Kier molecular flexibility index (Phi) is 8.83. The predicted octanol–water partition coefficient (Wildman–Crippen LogP) is 5.03. The van der Waals surface area contributed by atoms with Crippen molar-refractivity contribution in [3.8, 4) is 5.75 Å². The van der Waals surface area contributed by atoms with Crippen LogP contribution in [0.1, 0.15) is 50.5 Å². The SMILES string of the molecule is Cc1ccccc1OCCCCCCCCCS. The summed E-state index contributed by atoms with van der Waals surface area (Å²) in [6.45, 7) is 2.94. The molecule has 0 bridgehead atoms. The number of aryl methyl sites for hydroxylation is 1. The van der Waals surface area contributed by atoms with Gasteiger partial charge < -0.3 is 4.74 Å². The predicted molar refractivity (Wildman–Crippen MR) is 82.8 cm³/mol. The first-order chi connectivity index (χ1) is 8.84. The summed E-state index contributed by atoms with van der Waals surface area (Å²) >= 11 is 4.22. The van der Waals surface area contributed by atoms with E-state index in [9.17, 15) is 0 Å². The number of ether oxygens (including phenoxy) is 1. The van der Waals surface area contributed by atoms with Gasteiger partial charge >= 0.3 is 0 Å². The lowest BCUT2D eigenvalue weighted by atomic mass is 10.1. The maximum absolute atomic E-state index is 5.77. The van der Waals surface area contributed by atoms with Gasteiger partial charge in [0.2, 0.25) is 0 Å². The lowest BCUT2D eigenvalue weighted by Gasteiger charge is -2.08. The highest BCUT2D eigenvalue weighted by Crippen LogP contribution is 2.16. The van der Waals surface area contributed by atoms with E-state index in [1.54, 1.807) is 0 Å². The summed E-state index contributed by atoms with van der Waals surface area (Å²) in [4.78, 5) is 0. The summed E-state index contributed by atoms with van der Waals surface area (Å²) in [7, 11) is 0. The number of rotatable bonds is 10. The van der Waals surface area contributed by atoms with Crippen LogP contribution in [0.2, 0.25) is 0 Å². The molecule has 0 spiro atoms. The first-order valence-corrected chi connectivity index (χ1v) is 7.77. The van der Waals surface area contributed by atoms with Crippen LogP contribution in [0.5, 0.6) is 5.75 Å². The first-order valence-electron chi connectivity index (χ1n) is 7.14. The van der Waals surface area contributed by atoms with Gasteiger partial charge in [0, 0.05) is 0 Å². The lowest BCUT2D eigenvalue weighted by molar-refractivity contribution is 0.302. The fraction of sp³-hybridized carbons (Fsp3) is 0.625. The summed E-state index contributed by atoms with van der Waals surface area (Å²) in [5.74, 6) is 2.07. The highest BCUT2D eigenvalue weighted by molar-refractivity contribution is 7.80. The Balaban J connectivity index is 1.94. The van der Waals surface area contributed by atoms with Gasteiger partial charge in [-0.2, -0.15) is 12.6 Å². The molecule has 1 nitrogen and oxygen atoms in total. The molecule has 1 rings (SSSR count). The van der Waals surface area contributed by atoms with E-state index in [4.69, 9.17) is 4.74 Å². The third kappa shape index (κ3) is 6.95. The van der Waals surface area contributed by atoms with E-state index in [2.05, 4.69) is 25.6 Å². The molecule has 0 fully saturated rings. The molecule has 0 heterocycles. The van der Waals surface area contributed by atoms with Crippen molar-refractivity contribution >= 4 is 12.6 Å². The summed E-state index contributed by atoms with van der Waals surface area (Å²) in [5.41, 5.74) is 1.23. The van der Waals surface area contributed by atoms with Crippen LogP contribution in [0, 0.1) is 6.92 Å². The fourth-order valence-corrected chi connectivity index (χ4v) is 2.22. The van der Waals surface area contributed by atoms with E-state index >= 15 is 0 Å². The highest BCUT2D eigenvalue weighted by Gasteiger charge is 1.97. The standard InChI is InChI=1S/C16H26OS/c1-15-11-7-8-12-16(15)17-13-9-5-3-2-4-6-10-14-18/h7-8,11-12,18H,2-6,9-10,13-14H2,1H3. The number of thiol groups is 1. The van der Waals surface area contributed by atoms with Crippen LogP contribution < -0.4 is 4.74 Å². The van der Waals surface area contributed by atoms with Gasteiger partial charge in [-0.05, 0) is 37.1 Å². The average molecular weight is 266 g/mol. The number of para-hydroxylation sites is 1. The topological polar surface area (TPSA) is 9.23 Å². The van der Waals surface area contributed by atoms with Gasteiger partial charge in [0.1, 0.15) is 5.75 Å². The van der Waals surface area contributed by atoms with Gasteiger partial charge in [-0.3, -0.25) is 0 Å². The second-order valence-corrected chi connectivity index (χ2v) is 5.26. The Labute approximate surface area is 117 Å². The average Bonchev–Trinajstić information content (AvgIpc) is 2.39. The minimum absolute atomic E-state index is 0.849. The molecule has 0 N–H and O–H groups in total. The van der Waals surface area contributed by atoms with Crippen molar-refractivity contribution in [3.05, 3.63) is 29.8 Å². The molecule has 102 valence electrons. The van der Waals surface area contributed by atoms with E-state index in [1.807, 2.05) is 18.2 Å². The third-order valence-corrected chi connectivity index (χ3v) is 3.47. The minimum Gasteiger partial charge on any atom is -0.493 e. The Morgan fingerprint density at radius 1 is 0.889 bits per heavy atom. The molecule has 1 aromatic carbocycles. The molecule has 0 unspecified atom stereocenters. The number of unbranched alkanes of at least 4 members (excludes halogenated alkanes) is 6. The van der Waals surface area contributed by atoms with Crippen molar-refractivity contribution in [2.45, 2.75) is 51.9 Å². The van der Waals surface area contributed by atoms with Crippen molar-refractivity contribution in [1.29, 1.82) is 0 Å². The molecule has 0 aliphatic rings. The molecule has 0 aromatic heterocycles. The van der Waals surface area contributed by atoms with Crippen molar-refractivity contribution in [2.24, 2.45) is 0 Å². The largest absolute Gasteiger partial charge is 0.493 e. The van der Waals surface area contributed by atoms with Gasteiger partial charge in [0.15, 0.2) is 0 Å². The van der Waals surface area contributed by atoms with Gasteiger partial charge in [-0.25, -0.2) is 0 Å². The molecular weight excluding hydrogens is 240 g/mol. The summed E-state index contributed by atoms with van der Waals surface area (Å²) in [6, 6.07) is 8.22.